The van der Waals surface area contributed by atoms with Gasteiger partial charge in [-0.1, -0.05) is 37.7 Å². The second kappa shape index (κ2) is 9.50. The summed E-state index contributed by atoms with van der Waals surface area (Å²) in [7, 11) is -3.55. The fourth-order valence-corrected chi connectivity index (χ4v) is 4.86. The molecule has 0 unspecified atom stereocenters. The predicted molar refractivity (Wildman–Crippen MR) is 111 cm³/mol. The third-order valence-corrected chi connectivity index (χ3v) is 7.23. The summed E-state index contributed by atoms with van der Waals surface area (Å²) in [4.78, 5) is 12.3. The number of thioether (sulfide) groups is 1. The smallest absolute Gasteiger partial charge is 0.277 e. The van der Waals surface area contributed by atoms with Gasteiger partial charge in [0.15, 0.2) is 5.78 Å². The molecule has 0 atom stereocenters. The van der Waals surface area contributed by atoms with Crippen molar-refractivity contribution in [3.05, 3.63) is 59.9 Å². The van der Waals surface area contributed by atoms with Gasteiger partial charge < -0.3 is 4.42 Å². The van der Waals surface area contributed by atoms with Gasteiger partial charge in [0, 0.05) is 18.7 Å². The molecule has 158 valence electrons. The van der Waals surface area contributed by atoms with Gasteiger partial charge in [-0.3, -0.25) is 4.79 Å². The molecule has 0 bridgehead atoms. The third-order valence-electron chi connectivity index (χ3n) is 4.35. The summed E-state index contributed by atoms with van der Waals surface area (Å²) in [5.41, 5.74) is 0.558. The first-order valence-electron chi connectivity index (χ1n) is 9.21. The molecule has 0 aliphatic carbocycles. The Balaban J connectivity index is 1.69. The van der Waals surface area contributed by atoms with Crippen molar-refractivity contribution >= 4 is 27.6 Å². The number of Topliss-reactive ketones (excluding diaryl/α,β-unsaturated/α-hetero) is 1. The van der Waals surface area contributed by atoms with Crippen LogP contribution < -0.4 is 0 Å². The highest BCUT2D eigenvalue weighted by Gasteiger charge is 2.22. The maximum absolute atomic E-state index is 13.7. The predicted octanol–water partition coefficient (Wildman–Crippen LogP) is 3.88. The first kappa shape index (κ1) is 22.1. The van der Waals surface area contributed by atoms with E-state index in [0.717, 1.165) is 11.8 Å². The van der Waals surface area contributed by atoms with Crippen LogP contribution in [0.1, 0.15) is 24.2 Å². The van der Waals surface area contributed by atoms with Crippen molar-refractivity contribution in [1.29, 1.82) is 0 Å². The molecule has 0 aliphatic heterocycles. The average Bonchev–Trinajstić information content (AvgIpc) is 3.22. The van der Waals surface area contributed by atoms with Crippen molar-refractivity contribution in [2.45, 2.75) is 24.0 Å². The number of halogens is 1. The Hall–Kier alpha value is -2.56. The third kappa shape index (κ3) is 4.77. The molecule has 0 radical (unpaired) electrons. The number of ketones is 1. The maximum Gasteiger partial charge on any atom is 0.277 e. The molecule has 3 aromatic rings. The molecule has 3 rings (SSSR count). The lowest BCUT2D eigenvalue weighted by Crippen LogP contribution is -2.30. The molecule has 0 spiro atoms. The molecule has 30 heavy (non-hydrogen) atoms. The fraction of sp³-hybridized carbons (Fsp3) is 0.250. The Morgan fingerprint density at radius 2 is 1.73 bits per heavy atom. The number of aromatic nitrogens is 2. The van der Waals surface area contributed by atoms with Crippen LogP contribution in [0.25, 0.3) is 11.5 Å². The minimum absolute atomic E-state index is 0.00902. The van der Waals surface area contributed by atoms with Gasteiger partial charge in [-0.2, -0.15) is 4.31 Å². The van der Waals surface area contributed by atoms with Crippen molar-refractivity contribution in [2.24, 2.45) is 0 Å². The number of hydrogen-bond donors (Lipinski definition) is 0. The van der Waals surface area contributed by atoms with E-state index in [9.17, 15) is 17.6 Å². The molecule has 2 aromatic carbocycles. The second-order valence-corrected chi connectivity index (χ2v) is 9.04. The zero-order chi connectivity index (χ0) is 21.7. The van der Waals surface area contributed by atoms with E-state index in [2.05, 4.69) is 10.2 Å². The van der Waals surface area contributed by atoms with Gasteiger partial charge in [0.05, 0.1) is 16.2 Å². The molecule has 0 saturated carbocycles. The molecule has 0 N–H and O–H groups in total. The van der Waals surface area contributed by atoms with E-state index in [-0.39, 0.29) is 33.1 Å². The number of hydrogen-bond acceptors (Lipinski definition) is 7. The standard InChI is InChI=1S/C20H20FN3O4S2/c1-3-24(4-2)30(26,27)15-11-9-14(10-12-15)19-22-23-20(28-19)29-13-18(25)16-7-5-6-8-17(16)21/h5-12H,3-4,13H2,1-2H3. The van der Waals surface area contributed by atoms with Crippen LogP contribution in [0.15, 0.2) is 63.1 Å². The second-order valence-electron chi connectivity index (χ2n) is 6.18. The summed E-state index contributed by atoms with van der Waals surface area (Å²) < 4.78 is 45.7. The van der Waals surface area contributed by atoms with Gasteiger partial charge in [-0.05, 0) is 36.4 Å². The van der Waals surface area contributed by atoms with E-state index in [1.54, 1.807) is 32.0 Å². The highest BCUT2D eigenvalue weighted by atomic mass is 32.2. The summed E-state index contributed by atoms with van der Waals surface area (Å²) in [6, 6.07) is 11.9. The number of carbonyl (C=O) groups excluding carboxylic acids is 1. The van der Waals surface area contributed by atoms with Crippen LogP contribution in [0.3, 0.4) is 0 Å². The molecule has 1 heterocycles. The molecule has 10 heteroatoms. The van der Waals surface area contributed by atoms with Crippen LogP contribution in [0.5, 0.6) is 0 Å². The highest BCUT2D eigenvalue weighted by Crippen LogP contribution is 2.26. The number of rotatable bonds is 9. The minimum atomic E-state index is -3.55. The zero-order valence-corrected chi connectivity index (χ0v) is 18.0. The van der Waals surface area contributed by atoms with Crippen LogP contribution >= 0.6 is 11.8 Å². The van der Waals surface area contributed by atoms with E-state index >= 15 is 0 Å². The molecular formula is C20H20FN3O4S2. The van der Waals surface area contributed by atoms with Crippen molar-refractivity contribution in [3.8, 4) is 11.5 Å². The summed E-state index contributed by atoms with van der Waals surface area (Å²) in [5, 5.41) is 7.97. The molecule has 0 saturated heterocycles. The van der Waals surface area contributed by atoms with Crippen LogP contribution in [0, 0.1) is 5.82 Å². The van der Waals surface area contributed by atoms with E-state index in [0.29, 0.717) is 18.7 Å². The number of sulfonamides is 1. The van der Waals surface area contributed by atoms with E-state index in [1.165, 1.54) is 34.6 Å². The Morgan fingerprint density at radius 3 is 2.37 bits per heavy atom. The van der Waals surface area contributed by atoms with Gasteiger partial charge in [-0.25, -0.2) is 12.8 Å². The SMILES string of the molecule is CCN(CC)S(=O)(=O)c1ccc(-c2nnc(SCC(=O)c3ccccc3F)o2)cc1. The van der Waals surface area contributed by atoms with Gasteiger partial charge in [-0.15, -0.1) is 10.2 Å². The van der Waals surface area contributed by atoms with Gasteiger partial charge in [0.1, 0.15) is 5.82 Å². The van der Waals surface area contributed by atoms with Crippen LogP contribution in [0.2, 0.25) is 0 Å². The quantitative estimate of drug-likeness (QED) is 0.361. The van der Waals surface area contributed by atoms with Gasteiger partial charge in [0.25, 0.3) is 5.22 Å². The topological polar surface area (TPSA) is 93.4 Å². The summed E-state index contributed by atoms with van der Waals surface area (Å²) in [6.07, 6.45) is 0. The minimum Gasteiger partial charge on any atom is -0.411 e. The van der Waals surface area contributed by atoms with Crippen LogP contribution in [-0.2, 0) is 10.0 Å². The number of nitrogens with zero attached hydrogens (tertiary/aromatic N) is 3. The number of carbonyl (C=O) groups is 1. The van der Waals surface area contributed by atoms with E-state index in [1.807, 2.05) is 0 Å². The summed E-state index contributed by atoms with van der Waals surface area (Å²) in [5.74, 6) is -0.815. The molecule has 1 aromatic heterocycles. The fourth-order valence-electron chi connectivity index (χ4n) is 2.76. The Labute approximate surface area is 178 Å². The van der Waals surface area contributed by atoms with Gasteiger partial charge >= 0.3 is 0 Å². The van der Waals surface area contributed by atoms with Gasteiger partial charge in [0.2, 0.25) is 15.9 Å². The molecule has 0 aliphatic rings. The summed E-state index contributed by atoms with van der Waals surface area (Å²) >= 11 is 1.01. The van der Waals surface area contributed by atoms with E-state index < -0.39 is 15.8 Å². The van der Waals surface area contributed by atoms with Crippen LogP contribution in [-0.4, -0.2) is 47.5 Å². The van der Waals surface area contributed by atoms with Crippen molar-refractivity contribution in [3.63, 3.8) is 0 Å². The first-order valence-corrected chi connectivity index (χ1v) is 11.6. The molecule has 0 amide bonds. The van der Waals surface area contributed by atoms with Crippen molar-refractivity contribution in [1.82, 2.24) is 14.5 Å². The lowest BCUT2D eigenvalue weighted by molar-refractivity contribution is 0.101. The first-order chi connectivity index (χ1) is 14.4. The molecule has 0 fully saturated rings. The highest BCUT2D eigenvalue weighted by molar-refractivity contribution is 7.99. The van der Waals surface area contributed by atoms with Crippen LogP contribution in [0.4, 0.5) is 4.39 Å². The molecule has 7 nitrogen and oxygen atoms in total. The number of benzene rings is 2. The van der Waals surface area contributed by atoms with E-state index in [4.69, 9.17) is 4.42 Å². The lowest BCUT2D eigenvalue weighted by atomic mass is 10.1. The monoisotopic (exact) mass is 449 g/mol. The Morgan fingerprint density at radius 1 is 1.07 bits per heavy atom. The van der Waals surface area contributed by atoms with Crippen molar-refractivity contribution < 1.29 is 22.0 Å². The average molecular weight is 450 g/mol. The lowest BCUT2D eigenvalue weighted by Gasteiger charge is -2.18. The Bertz CT molecular complexity index is 1130. The Kier molecular flexibility index (Phi) is 7.01. The zero-order valence-electron chi connectivity index (χ0n) is 16.4. The maximum atomic E-state index is 13.7. The summed E-state index contributed by atoms with van der Waals surface area (Å²) in [6.45, 7) is 4.33. The normalized spacial score (nSPS) is 11.7. The van der Waals surface area contributed by atoms with Crippen molar-refractivity contribution in [2.75, 3.05) is 18.8 Å². The largest absolute Gasteiger partial charge is 0.411 e. The molecular weight excluding hydrogens is 429 g/mol.